The largest absolute Gasteiger partial charge is 0.481 e. The number of ether oxygens (including phenoxy) is 1. The molecule has 0 radical (unpaired) electrons. The lowest BCUT2D eigenvalue weighted by Crippen LogP contribution is -2.55. The van der Waals surface area contributed by atoms with Crippen LogP contribution in [-0.2, 0) is 16.1 Å². The van der Waals surface area contributed by atoms with Crippen molar-refractivity contribution in [2.24, 2.45) is 5.92 Å². The molecule has 136 valence electrons. The molecule has 0 aromatic heterocycles. The number of piperidine rings is 2. The van der Waals surface area contributed by atoms with Gasteiger partial charge in [-0.05, 0) is 37.9 Å². The minimum atomic E-state index is -0.831. The fraction of sp³-hybridized carbons (Fsp3) is 0.579. The molecule has 1 amide bonds. The summed E-state index contributed by atoms with van der Waals surface area (Å²) < 4.78 is 5.41. The van der Waals surface area contributed by atoms with E-state index in [4.69, 9.17) is 4.74 Å². The lowest BCUT2D eigenvalue weighted by atomic mass is 9.92. The first-order chi connectivity index (χ1) is 12.1. The average molecular weight is 346 g/mol. The molecular formula is C19H26N2O4. The van der Waals surface area contributed by atoms with Crippen LogP contribution in [0.2, 0.25) is 0 Å². The summed E-state index contributed by atoms with van der Waals surface area (Å²) in [6.07, 6.45) is 3.71. The molecular weight excluding hydrogens is 320 g/mol. The highest BCUT2D eigenvalue weighted by molar-refractivity contribution is 5.73. The predicted molar refractivity (Wildman–Crippen MR) is 93.2 cm³/mol. The van der Waals surface area contributed by atoms with Gasteiger partial charge in [0.1, 0.15) is 6.61 Å². The smallest absolute Gasteiger partial charge is 0.410 e. The van der Waals surface area contributed by atoms with Crippen LogP contribution in [0, 0.1) is 5.92 Å². The topological polar surface area (TPSA) is 70.1 Å². The number of carboxylic acids is 1. The third-order valence-corrected chi connectivity index (χ3v) is 5.15. The molecule has 1 aromatic rings. The zero-order chi connectivity index (χ0) is 17.6. The number of carboxylic acid groups (broad SMARTS) is 1. The number of likely N-dealkylation sites (tertiary alicyclic amines) is 2. The van der Waals surface area contributed by atoms with E-state index in [9.17, 15) is 14.7 Å². The normalized spacial score (nSPS) is 24.7. The number of aliphatic carboxylic acids is 1. The lowest BCUT2D eigenvalue weighted by molar-refractivity contribution is -0.144. The maximum Gasteiger partial charge on any atom is 0.410 e. The van der Waals surface area contributed by atoms with Crippen LogP contribution in [0.25, 0.3) is 0 Å². The summed E-state index contributed by atoms with van der Waals surface area (Å²) in [5.41, 5.74) is 0.926. The Balaban J connectivity index is 1.61. The molecule has 6 heteroatoms. The second-order valence-electron chi connectivity index (χ2n) is 6.97. The van der Waals surface area contributed by atoms with Gasteiger partial charge in [0.2, 0.25) is 0 Å². The van der Waals surface area contributed by atoms with Gasteiger partial charge >= 0.3 is 12.1 Å². The van der Waals surface area contributed by atoms with E-state index in [1.807, 2.05) is 30.3 Å². The van der Waals surface area contributed by atoms with Crippen LogP contribution >= 0.6 is 0 Å². The van der Waals surface area contributed by atoms with E-state index >= 15 is 0 Å². The van der Waals surface area contributed by atoms with E-state index in [0.717, 1.165) is 31.5 Å². The summed E-state index contributed by atoms with van der Waals surface area (Å²) in [5, 5.41) is 9.46. The van der Waals surface area contributed by atoms with Crippen LogP contribution in [0.15, 0.2) is 30.3 Å². The Morgan fingerprint density at radius 2 is 1.80 bits per heavy atom. The Morgan fingerprint density at radius 3 is 2.48 bits per heavy atom. The monoisotopic (exact) mass is 346 g/mol. The molecule has 3 rings (SSSR count). The van der Waals surface area contributed by atoms with Gasteiger partial charge < -0.3 is 14.7 Å². The summed E-state index contributed by atoms with van der Waals surface area (Å²) in [6, 6.07) is 9.63. The molecule has 2 fully saturated rings. The van der Waals surface area contributed by atoms with Crippen LogP contribution in [-0.4, -0.2) is 59.2 Å². The number of nitrogens with zero attached hydrogens (tertiary/aromatic N) is 2. The summed E-state index contributed by atoms with van der Waals surface area (Å²) in [5.74, 6) is -1.35. The van der Waals surface area contributed by atoms with Crippen LogP contribution in [0.1, 0.15) is 31.2 Å². The number of carbonyl (C=O) groups excluding carboxylic acids is 1. The number of rotatable bonds is 4. The molecule has 2 heterocycles. The molecule has 2 atom stereocenters. The quantitative estimate of drug-likeness (QED) is 0.907. The van der Waals surface area contributed by atoms with E-state index in [2.05, 4.69) is 4.90 Å². The van der Waals surface area contributed by atoms with Crippen molar-refractivity contribution in [3.63, 3.8) is 0 Å². The summed E-state index contributed by atoms with van der Waals surface area (Å²) in [6.45, 7) is 2.97. The molecule has 0 bridgehead atoms. The number of amides is 1. The third kappa shape index (κ3) is 4.72. The van der Waals surface area contributed by atoms with E-state index in [1.165, 1.54) is 6.42 Å². The standard InChI is InChI=1S/C19H26N2O4/c22-18(23)16-11-17(20-9-5-2-6-10-20)13-21(12-16)19(24)25-14-15-7-3-1-4-8-15/h1,3-4,7-8,16-17H,2,5-6,9-14H2,(H,22,23)/t16-,17-/m1/s1. The average Bonchev–Trinajstić information content (AvgIpc) is 2.67. The highest BCUT2D eigenvalue weighted by atomic mass is 16.6. The highest BCUT2D eigenvalue weighted by Gasteiger charge is 2.37. The van der Waals surface area contributed by atoms with Gasteiger partial charge in [-0.3, -0.25) is 9.69 Å². The van der Waals surface area contributed by atoms with Crippen molar-refractivity contribution >= 4 is 12.1 Å². The van der Waals surface area contributed by atoms with E-state index in [1.54, 1.807) is 4.90 Å². The molecule has 0 saturated carbocycles. The zero-order valence-electron chi connectivity index (χ0n) is 14.5. The van der Waals surface area contributed by atoms with Crippen LogP contribution in [0.5, 0.6) is 0 Å². The molecule has 0 aliphatic carbocycles. The molecule has 1 aromatic carbocycles. The van der Waals surface area contributed by atoms with Gasteiger partial charge in [0.15, 0.2) is 0 Å². The van der Waals surface area contributed by atoms with Crippen molar-refractivity contribution in [2.45, 2.75) is 38.3 Å². The van der Waals surface area contributed by atoms with Gasteiger partial charge in [-0.15, -0.1) is 0 Å². The van der Waals surface area contributed by atoms with Gasteiger partial charge in [-0.2, -0.15) is 0 Å². The molecule has 2 aliphatic heterocycles. The molecule has 2 aliphatic rings. The van der Waals surface area contributed by atoms with E-state index in [-0.39, 0.29) is 19.2 Å². The predicted octanol–water partition coefficient (Wildman–Crippen LogP) is 2.58. The van der Waals surface area contributed by atoms with Crippen LogP contribution in [0.4, 0.5) is 4.79 Å². The Morgan fingerprint density at radius 1 is 1.08 bits per heavy atom. The van der Waals surface area contributed by atoms with Crippen molar-refractivity contribution in [3.8, 4) is 0 Å². The number of carbonyl (C=O) groups is 2. The van der Waals surface area contributed by atoms with Gasteiger partial charge in [0.25, 0.3) is 0 Å². The van der Waals surface area contributed by atoms with Gasteiger partial charge in [-0.1, -0.05) is 36.8 Å². The van der Waals surface area contributed by atoms with Crippen molar-refractivity contribution in [1.29, 1.82) is 0 Å². The number of benzene rings is 1. The number of hydrogen-bond acceptors (Lipinski definition) is 4. The lowest BCUT2D eigenvalue weighted by Gasteiger charge is -2.42. The second-order valence-corrected chi connectivity index (χ2v) is 6.97. The van der Waals surface area contributed by atoms with E-state index < -0.39 is 18.0 Å². The molecule has 2 saturated heterocycles. The first kappa shape index (κ1) is 17.7. The van der Waals surface area contributed by atoms with Crippen molar-refractivity contribution in [3.05, 3.63) is 35.9 Å². The summed E-state index contributed by atoms with van der Waals surface area (Å²) >= 11 is 0. The minimum absolute atomic E-state index is 0.111. The Bertz CT molecular complexity index is 586. The first-order valence-corrected chi connectivity index (χ1v) is 9.06. The van der Waals surface area contributed by atoms with Gasteiger partial charge in [-0.25, -0.2) is 4.79 Å². The van der Waals surface area contributed by atoms with Gasteiger partial charge in [0, 0.05) is 19.1 Å². The summed E-state index contributed by atoms with van der Waals surface area (Å²) in [7, 11) is 0. The maximum absolute atomic E-state index is 12.5. The molecule has 6 nitrogen and oxygen atoms in total. The fourth-order valence-electron chi connectivity index (χ4n) is 3.76. The SMILES string of the molecule is O=C(O)[C@@H]1C[C@@H](N2CCCCC2)CN(C(=O)OCc2ccccc2)C1. The zero-order valence-corrected chi connectivity index (χ0v) is 14.5. The van der Waals surface area contributed by atoms with Crippen molar-refractivity contribution in [2.75, 3.05) is 26.2 Å². The number of hydrogen-bond donors (Lipinski definition) is 1. The maximum atomic E-state index is 12.5. The molecule has 1 N–H and O–H groups in total. The molecule has 0 spiro atoms. The molecule has 0 unspecified atom stereocenters. The Labute approximate surface area is 148 Å². The Kier molecular flexibility index (Phi) is 5.91. The highest BCUT2D eigenvalue weighted by Crippen LogP contribution is 2.24. The molecule has 25 heavy (non-hydrogen) atoms. The van der Waals surface area contributed by atoms with E-state index in [0.29, 0.717) is 13.0 Å². The fourth-order valence-corrected chi connectivity index (χ4v) is 3.76. The van der Waals surface area contributed by atoms with Gasteiger partial charge in [0.05, 0.1) is 5.92 Å². The van der Waals surface area contributed by atoms with Crippen molar-refractivity contribution in [1.82, 2.24) is 9.80 Å². The minimum Gasteiger partial charge on any atom is -0.481 e. The Hall–Kier alpha value is -2.08. The third-order valence-electron chi connectivity index (χ3n) is 5.15. The second kappa shape index (κ2) is 8.34. The van der Waals surface area contributed by atoms with Crippen LogP contribution < -0.4 is 0 Å². The first-order valence-electron chi connectivity index (χ1n) is 9.06. The van der Waals surface area contributed by atoms with Crippen molar-refractivity contribution < 1.29 is 19.4 Å². The summed E-state index contributed by atoms with van der Waals surface area (Å²) in [4.78, 5) is 27.9. The van der Waals surface area contributed by atoms with Crippen LogP contribution in [0.3, 0.4) is 0 Å².